The predicted molar refractivity (Wildman–Crippen MR) is 147 cm³/mol. The quantitative estimate of drug-likeness (QED) is 0.199. The Labute approximate surface area is 236 Å². The Bertz CT molecular complexity index is 1400. The van der Waals surface area contributed by atoms with Crippen molar-refractivity contribution in [2.45, 2.75) is 25.2 Å². The van der Waals surface area contributed by atoms with Gasteiger partial charge in [-0.2, -0.15) is 0 Å². The van der Waals surface area contributed by atoms with Gasteiger partial charge in [-0.05, 0) is 49.4 Å². The van der Waals surface area contributed by atoms with E-state index in [0.717, 1.165) is 6.08 Å². The molecule has 210 valence electrons. The highest BCUT2D eigenvalue weighted by Gasteiger charge is 2.43. The third-order valence-corrected chi connectivity index (χ3v) is 5.96. The maximum absolute atomic E-state index is 13.1. The lowest BCUT2D eigenvalue weighted by Crippen LogP contribution is -2.49. The van der Waals surface area contributed by atoms with Crippen molar-refractivity contribution in [1.82, 2.24) is 0 Å². The second-order valence-corrected chi connectivity index (χ2v) is 8.77. The fourth-order valence-corrected chi connectivity index (χ4v) is 3.93. The maximum Gasteiger partial charge on any atom is 0.338 e. The molecule has 0 bridgehead atoms. The number of hydrogen-bond donors (Lipinski definition) is 0. The number of carbonyl (C=O) groups is 4. The third kappa shape index (κ3) is 7.92. The molecule has 4 rings (SSSR count). The summed E-state index contributed by atoms with van der Waals surface area (Å²) >= 11 is 0. The van der Waals surface area contributed by atoms with Gasteiger partial charge in [-0.3, -0.25) is 0 Å². The normalized spacial score (nSPS) is 18.0. The van der Waals surface area contributed by atoms with E-state index in [0.29, 0.717) is 5.56 Å². The average molecular weight is 557 g/mol. The topological polar surface area (TPSA) is 114 Å². The van der Waals surface area contributed by atoms with Gasteiger partial charge in [0, 0.05) is 11.6 Å². The van der Waals surface area contributed by atoms with Crippen molar-refractivity contribution in [3.05, 3.63) is 132 Å². The van der Waals surface area contributed by atoms with E-state index in [1.807, 2.05) is 0 Å². The molecular weight excluding hydrogens is 528 g/mol. The van der Waals surface area contributed by atoms with Gasteiger partial charge in [0.1, 0.15) is 6.61 Å². The molecule has 0 spiro atoms. The minimum atomic E-state index is -1.26. The van der Waals surface area contributed by atoms with Crippen LogP contribution in [0.25, 0.3) is 0 Å². The Hall–Kier alpha value is -5.18. The van der Waals surface area contributed by atoms with Gasteiger partial charge in [-0.15, -0.1) is 0 Å². The van der Waals surface area contributed by atoms with Crippen LogP contribution in [0.1, 0.15) is 38.0 Å². The molecule has 0 fully saturated rings. The molecule has 0 N–H and O–H groups in total. The van der Waals surface area contributed by atoms with Gasteiger partial charge in [0.25, 0.3) is 0 Å². The number of hydrogen-bond acceptors (Lipinski definition) is 9. The fourth-order valence-electron chi connectivity index (χ4n) is 3.93. The molecule has 3 atom stereocenters. The zero-order chi connectivity index (χ0) is 29.0. The van der Waals surface area contributed by atoms with Gasteiger partial charge in [0.05, 0.1) is 29.6 Å². The van der Waals surface area contributed by atoms with E-state index in [2.05, 4.69) is 0 Å². The lowest BCUT2D eigenvalue weighted by Gasteiger charge is -2.36. The maximum atomic E-state index is 13.1. The van der Waals surface area contributed by atoms with Crippen molar-refractivity contribution in [2.24, 2.45) is 0 Å². The van der Waals surface area contributed by atoms with Crippen LogP contribution in [0.2, 0.25) is 0 Å². The van der Waals surface area contributed by atoms with Crippen LogP contribution in [0, 0.1) is 0 Å². The summed E-state index contributed by atoms with van der Waals surface area (Å²) in [7, 11) is 0. The summed E-state index contributed by atoms with van der Waals surface area (Å²) in [5.74, 6) is -2.65. The number of esters is 4. The minimum Gasteiger partial charge on any atom is -0.490 e. The zero-order valence-electron chi connectivity index (χ0n) is 22.2. The minimum absolute atomic E-state index is 0.164. The second-order valence-electron chi connectivity index (χ2n) is 8.77. The Morgan fingerprint density at radius 1 is 0.707 bits per heavy atom. The molecule has 41 heavy (non-hydrogen) atoms. The Kier molecular flexibility index (Phi) is 10.0. The molecule has 0 aromatic heterocycles. The van der Waals surface area contributed by atoms with Crippen molar-refractivity contribution in [1.29, 1.82) is 0 Å². The van der Waals surface area contributed by atoms with Gasteiger partial charge in [-0.25, -0.2) is 19.2 Å². The SMILES string of the molecule is CCOC(=O)/C=C/C1=CO[C@H](COC(=O)c2ccccc2)[C@H](OC(=O)c2ccccc2)[C@@H]1OC(=O)c1ccccc1. The first-order valence-corrected chi connectivity index (χ1v) is 12.9. The predicted octanol–water partition coefficient (Wildman–Crippen LogP) is 4.70. The van der Waals surface area contributed by atoms with Gasteiger partial charge >= 0.3 is 23.9 Å². The molecule has 0 unspecified atom stereocenters. The van der Waals surface area contributed by atoms with E-state index in [1.165, 1.54) is 12.3 Å². The van der Waals surface area contributed by atoms with E-state index < -0.39 is 42.2 Å². The van der Waals surface area contributed by atoms with Crippen LogP contribution in [0.5, 0.6) is 0 Å². The molecule has 0 amide bonds. The molecule has 9 nitrogen and oxygen atoms in total. The highest BCUT2D eigenvalue weighted by Crippen LogP contribution is 2.28. The molecule has 0 saturated heterocycles. The van der Waals surface area contributed by atoms with E-state index in [1.54, 1.807) is 97.9 Å². The summed E-state index contributed by atoms with van der Waals surface area (Å²) in [5.41, 5.74) is 1.05. The zero-order valence-corrected chi connectivity index (χ0v) is 22.2. The summed E-state index contributed by atoms with van der Waals surface area (Å²) in [6.45, 7) is 1.50. The van der Waals surface area contributed by atoms with Crippen LogP contribution in [0.3, 0.4) is 0 Å². The Morgan fingerprint density at radius 2 is 1.22 bits per heavy atom. The summed E-state index contributed by atoms with van der Waals surface area (Å²) in [6, 6.07) is 24.8. The van der Waals surface area contributed by atoms with Crippen molar-refractivity contribution in [2.75, 3.05) is 13.2 Å². The van der Waals surface area contributed by atoms with Crippen LogP contribution < -0.4 is 0 Å². The molecule has 3 aromatic rings. The molecule has 0 saturated carbocycles. The van der Waals surface area contributed by atoms with Crippen molar-refractivity contribution < 1.29 is 42.9 Å². The van der Waals surface area contributed by atoms with E-state index in [9.17, 15) is 19.2 Å². The van der Waals surface area contributed by atoms with Crippen LogP contribution in [-0.2, 0) is 28.5 Å². The molecule has 1 heterocycles. The molecule has 3 aromatic carbocycles. The van der Waals surface area contributed by atoms with Crippen molar-refractivity contribution in [3.63, 3.8) is 0 Å². The van der Waals surface area contributed by atoms with Crippen LogP contribution in [0.15, 0.2) is 115 Å². The number of carbonyl (C=O) groups excluding carboxylic acids is 4. The highest BCUT2D eigenvalue weighted by molar-refractivity contribution is 5.91. The average Bonchev–Trinajstić information content (AvgIpc) is 3.01. The highest BCUT2D eigenvalue weighted by atomic mass is 16.6. The first-order valence-electron chi connectivity index (χ1n) is 12.9. The lowest BCUT2D eigenvalue weighted by atomic mass is 9.97. The summed E-state index contributed by atoms with van der Waals surface area (Å²) < 4.78 is 27.9. The standard InChI is InChI=1S/C32H28O9/c1-2-37-27(33)19-18-25-20-38-26(21-39-30(34)22-12-6-3-7-13-22)29(41-32(36)24-16-10-5-11-17-24)28(25)40-31(35)23-14-8-4-9-15-23/h3-20,26,28-29H,2,21H2,1H3/b19-18+/t26-,28-,29+/m1/s1. The summed E-state index contributed by atoms with van der Waals surface area (Å²) in [6.07, 6.45) is 0.237. The summed E-state index contributed by atoms with van der Waals surface area (Å²) in [5, 5.41) is 0. The van der Waals surface area contributed by atoms with Gasteiger partial charge < -0.3 is 23.7 Å². The van der Waals surface area contributed by atoms with Crippen molar-refractivity contribution in [3.8, 4) is 0 Å². The first-order chi connectivity index (χ1) is 20.0. The fraction of sp³-hybridized carbons (Fsp3) is 0.188. The smallest absolute Gasteiger partial charge is 0.338 e. The third-order valence-electron chi connectivity index (χ3n) is 5.96. The Balaban J connectivity index is 1.65. The molecule has 1 aliphatic heterocycles. The number of benzene rings is 3. The number of ether oxygens (including phenoxy) is 5. The van der Waals surface area contributed by atoms with Crippen LogP contribution in [-0.4, -0.2) is 55.4 Å². The molecule has 1 aliphatic rings. The van der Waals surface area contributed by atoms with Gasteiger partial charge in [0.2, 0.25) is 0 Å². The molecule has 9 heteroatoms. The summed E-state index contributed by atoms with van der Waals surface area (Å²) in [4.78, 5) is 50.9. The second kappa shape index (κ2) is 14.3. The van der Waals surface area contributed by atoms with E-state index >= 15 is 0 Å². The van der Waals surface area contributed by atoms with Crippen LogP contribution in [0.4, 0.5) is 0 Å². The van der Waals surface area contributed by atoms with E-state index in [-0.39, 0.29) is 29.9 Å². The molecule has 0 radical (unpaired) electrons. The van der Waals surface area contributed by atoms with Gasteiger partial charge in [-0.1, -0.05) is 54.6 Å². The molecular formula is C32H28O9. The number of rotatable bonds is 10. The van der Waals surface area contributed by atoms with E-state index in [4.69, 9.17) is 23.7 Å². The lowest BCUT2D eigenvalue weighted by molar-refractivity contribution is -0.137. The monoisotopic (exact) mass is 556 g/mol. The Morgan fingerprint density at radius 3 is 1.76 bits per heavy atom. The van der Waals surface area contributed by atoms with Crippen molar-refractivity contribution >= 4 is 23.9 Å². The molecule has 0 aliphatic carbocycles. The van der Waals surface area contributed by atoms with Crippen LogP contribution >= 0.6 is 0 Å². The first kappa shape index (κ1) is 28.8. The largest absolute Gasteiger partial charge is 0.490 e. The van der Waals surface area contributed by atoms with Gasteiger partial charge in [0.15, 0.2) is 18.3 Å².